The maximum atomic E-state index is 9.51. The summed E-state index contributed by atoms with van der Waals surface area (Å²) < 4.78 is 2.07. The van der Waals surface area contributed by atoms with Gasteiger partial charge >= 0.3 is 0 Å². The summed E-state index contributed by atoms with van der Waals surface area (Å²) in [6, 6.07) is 10.4. The lowest BCUT2D eigenvalue weighted by atomic mass is 10.0. The first-order valence-corrected chi connectivity index (χ1v) is 7.43. The van der Waals surface area contributed by atoms with Crippen LogP contribution in [0.1, 0.15) is 16.7 Å². The van der Waals surface area contributed by atoms with E-state index in [1.54, 1.807) is 0 Å². The van der Waals surface area contributed by atoms with Crippen molar-refractivity contribution in [3.8, 4) is 6.07 Å². The number of pyridine rings is 1. The van der Waals surface area contributed by atoms with Crippen molar-refractivity contribution in [1.82, 2.24) is 9.38 Å². The second kappa shape index (κ2) is 4.01. The van der Waals surface area contributed by atoms with Crippen LogP contribution in [0, 0.1) is 11.3 Å². The highest BCUT2D eigenvalue weighted by Crippen LogP contribution is 2.30. The number of hydrogen-bond acceptors (Lipinski definition) is 3. The minimum Gasteiger partial charge on any atom is -0.298 e. The molecule has 0 bridgehead atoms. The molecule has 1 aliphatic heterocycles. The van der Waals surface area contributed by atoms with Gasteiger partial charge in [-0.25, -0.2) is 4.98 Å². The van der Waals surface area contributed by atoms with Gasteiger partial charge < -0.3 is 0 Å². The molecule has 0 N–H and O–H groups in total. The standard InChI is InChI=1S/C15H11N3S/c16-7-12-11-5-6-19-9-10(11)8-18-14-4-2-1-3-13(14)17-15(12)18/h1-4,8H,5-6,9H2. The van der Waals surface area contributed by atoms with E-state index in [0.29, 0.717) is 0 Å². The van der Waals surface area contributed by atoms with E-state index in [4.69, 9.17) is 0 Å². The molecule has 4 rings (SSSR count). The zero-order valence-corrected chi connectivity index (χ0v) is 11.1. The first-order valence-electron chi connectivity index (χ1n) is 6.28. The fraction of sp³-hybridized carbons (Fsp3) is 0.200. The zero-order valence-electron chi connectivity index (χ0n) is 10.3. The molecule has 2 aromatic heterocycles. The van der Waals surface area contributed by atoms with Crippen molar-refractivity contribution in [3.63, 3.8) is 0 Å². The minimum atomic E-state index is 0.758. The maximum absolute atomic E-state index is 9.51. The molecule has 1 aliphatic rings. The third-order valence-corrected chi connectivity index (χ3v) is 4.67. The second-order valence-electron chi connectivity index (χ2n) is 4.72. The fourth-order valence-electron chi connectivity index (χ4n) is 2.76. The Balaban J connectivity index is 2.21. The van der Waals surface area contributed by atoms with E-state index < -0.39 is 0 Å². The van der Waals surface area contributed by atoms with E-state index in [-0.39, 0.29) is 0 Å². The van der Waals surface area contributed by atoms with Gasteiger partial charge in [0, 0.05) is 11.9 Å². The molecular formula is C15H11N3S. The van der Waals surface area contributed by atoms with Crippen LogP contribution in [0.25, 0.3) is 16.7 Å². The lowest BCUT2D eigenvalue weighted by molar-refractivity contribution is 1.04. The first-order chi connectivity index (χ1) is 9.38. The number of rotatable bonds is 0. The molecule has 19 heavy (non-hydrogen) atoms. The van der Waals surface area contributed by atoms with Crippen LogP contribution in [0.2, 0.25) is 0 Å². The lowest BCUT2D eigenvalue weighted by Gasteiger charge is -2.17. The van der Waals surface area contributed by atoms with Gasteiger partial charge in [-0.15, -0.1) is 0 Å². The average Bonchev–Trinajstić information content (AvgIpc) is 2.83. The predicted molar refractivity (Wildman–Crippen MR) is 77.3 cm³/mol. The van der Waals surface area contributed by atoms with Gasteiger partial charge in [0.15, 0.2) is 5.65 Å². The monoisotopic (exact) mass is 265 g/mol. The molecule has 0 aliphatic carbocycles. The fourth-order valence-corrected chi connectivity index (χ4v) is 3.73. The van der Waals surface area contributed by atoms with Gasteiger partial charge in [-0.2, -0.15) is 17.0 Å². The largest absolute Gasteiger partial charge is 0.298 e. The number of fused-ring (bicyclic) bond motifs is 4. The van der Waals surface area contributed by atoms with Crippen LogP contribution >= 0.6 is 11.8 Å². The predicted octanol–water partition coefficient (Wildman–Crippen LogP) is 3.15. The van der Waals surface area contributed by atoms with Gasteiger partial charge in [0.1, 0.15) is 6.07 Å². The number of thioether (sulfide) groups is 1. The molecule has 0 atom stereocenters. The van der Waals surface area contributed by atoms with Crippen LogP contribution in [0.4, 0.5) is 0 Å². The summed E-state index contributed by atoms with van der Waals surface area (Å²) in [7, 11) is 0. The molecule has 0 unspecified atom stereocenters. The summed E-state index contributed by atoms with van der Waals surface area (Å²) in [5, 5.41) is 9.51. The van der Waals surface area contributed by atoms with Crippen molar-refractivity contribution < 1.29 is 0 Å². The highest BCUT2D eigenvalue weighted by Gasteiger charge is 2.19. The highest BCUT2D eigenvalue weighted by molar-refractivity contribution is 7.98. The Morgan fingerprint density at radius 2 is 2.21 bits per heavy atom. The molecule has 92 valence electrons. The topological polar surface area (TPSA) is 41.1 Å². The van der Waals surface area contributed by atoms with Crippen molar-refractivity contribution in [2.24, 2.45) is 0 Å². The van der Waals surface area contributed by atoms with Crippen LogP contribution in [0.3, 0.4) is 0 Å². The summed E-state index contributed by atoms with van der Waals surface area (Å²) in [6.45, 7) is 0. The summed E-state index contributed by atoms with van der Waals surface area (Å²) in [6.07, 6.45) is 3.13. The average molecular weight is 265 g/mol. The Hall–Kier alpha value is -1.99. The quantitative estimate of drug-likeness (QED) is 0.627. The van der Waals surface area contributed by atoms with E-state index in [9.17, 15) is 5.26 Å². The summed E-state index contributed by atoms with van der Waals surface area (Å²) in [5.41, 5.74) is 6.07. The van der Waals surface area contributed by atoms with Crippen molar-refractivity contribution in [1.29, 1.82) is 5.26 Å². The molecule has 0 radical (unpaired) electrons. The lowest BCUT2D eigenvalue weighted by Crippen LogP contribution is -2.08. The van der Waals surface area contributed by atoms with Crippen LogP contribution < -0.4 is 0 Å². The molecule has 0 spiro atoms. The van der Waals surface area contributed by atoms with Crippen LogP contribution in [0.15, 0.2) is 30.5 Å². The van der Waals surface area contributed by atoms with Crippen LogP contribution in [-0.2, 0) is 12.2 Å². The SMILES string of the molecule is N#Cc1c2c(cn3c1nc1ccccc13)CSCC2. The highest BCUT2D eigenvalue weighted by atomic mass is 32.2. The number of para-hydroxylation sites is 2. The molecule has 3 heterocycles. The molecule has 0 saturated heterocycles. The normalized spacial score (nSPS) is 14.5. The summed E-state index contributed by atoms with van der Waals surface area (Å²) in [4.78, 5) is 4.63. The number of imidazole rings is 1. The Kier molecular flexibility index (Phi) is 2.30. The summed E-state index contributed by atoms with van der Waals surface area (Å²) >= 11 is 1.93. The molecule has 3 nitrogen and oxygen atoms in total. The van der Waals surface area contributed by atoms with E-state index in [1.165, 1.54) is 11.1 Å². The Bertz CT molecular complexity index is 842. The van der Waals surface area contributed by atoms with Gasteiger partial charge in [0.2, 0.25) is 0 Å². The number of benzene rings is 1. The zero-order chi connectivity index (χ0) is 12.8. The van der Waals surface area contributed by atoms with Crippen molar-refractivity contribution in [2.45, 2.75) is 12.2 Å². The number of hydrogen-bond donors (Lipinski definition) is 0. The molecule has 0 saturated carbocycles. The third kappa shape index (κ3) is 1.48. The molecule has 1 aromatic carbocycles. The van der Waals surface area contributed by atoms with Gasteiger partial charge in [0.05, 0.1) is 16.6 Å². The second-order valence-corrected chi connectivity index (χ2v) is 5.82. The first kappa shape index (κ1) is 10.9. The van der Waals surface area contributed by atoms with Gasteiger partial charge in [-0.1, -0.05) is 12.1 Å². The van der Waals surface area contributed by atoms with Crippen LogP contribution in [-0.4, -0.2) is 15.1 Å². The number of aromatic nitrogens is 2. The van der Waals surface area contributed by atoms with E-state index in [2.05, 4.69) is 27.7 Å². The van der Waals surface area contributed by atoms with Crippen molar-refractivity contribution in [2.75, 3.05) is 5.75 Å². The molecule has 0 amide bonds. The molecule has 4 heteroatoms. The van der Waals surface area contributed by atoms with Crippen molar-refractivity contribution in [3.05, 3.63) is 47.2 Å². The number of nitriles is 1. The van der Waals surface area contributed by atoms with Gasteiger partial charge in [-0.3, -0.25) is 4.40 Å². The molecule has 3 aromatic rings. The summed E-state index contributed by atoms with van der Waals surface area (Å²) in [5.74, 6) is 2.09. The van der Waals surface area contributed by atoms with E-state index in [1.807, 2.05) is 30.0 Å². The molecular weight excluding hydrogens is 254 g/mol. The van der Waals surface area contributed by atoms with Gasteiger partial charge in [0.25, 0.3) is 0 Å². The Labute approximate surface area is 114 Å². The Morgan fingerprint density at radius 1 is 1.32 bits per heavy atom. The Morgan fingerprint density at radius 3 is 3.11 bits per heavy atom. The third-order valence-electron chi connectivity index (χ3n) is 3.66. The van der Waals surface area contributed by atoms with E-state index >= 15 is 0 Å². The maximum Gasteiger partial charge on any atom is 0.156 e. The number of nitrogens with zero attached hydrogens (tertiary/aromatic N) is 3. The van der Waals surface area contributed by atoms with E-state index in [0.717, 1.165) is 40.2 Å². The molecule has 0 fully saturated rings. The van der Waals surface area contributed by atoms with Crippen LogP contribution in [0.5, 0.6) is 0 Å². The minimum absolute atomic E-state index is 0.758. The van der Waals surface area contributed by atoms with Gasteiger partial charge in [-0.05, 0) is 35.4 Å². The van der Waals surface area contributed by atoms with Crippen molar-refractivity contribution >= 4 is 28.4 Å². The smallest absolute Gasteiger partial charge is 0.156 e.